The van der Waals surface area contributed by atoms with Crippen LogP contribution in [0.2, 0.25) is 0 Å². The number of primary amides is 1. The molecule has 174 valence electrons. The first kappa shape index (κ1) is 27.0. The zero-order valence-corrected chi connectivity index (χ0v) is 20.2. The molecule has 0 aliphatic heterocycles. The van der Waals surface area contributed by atoms with Gasteiger partial charge in [-0.25, -0.2) is 9.97 Å². The summed E-state index contributed by atoms with van der Waals surface area (Å²) in [6.45, 7) is 12.4. The number of carbonyl (C=O) groups is 1. The van der Waals surface area contributed by atoms with Gasteiger partial charge in [-0.1, -0.05) is 34.6 Å². The van der Waals surface area contributed by atoms with Gasteiger partial charge in [0.25, 0.3) is 0 Å². The van der Waals surface area contributed by atoms with Gasteiger partial charge in [-0.3, -0.25) is 9.78 Å². The highest BCUT2D eigenvalue weighted by molar-refractivity contribution is 5.79. The van der Waals surface area contributed by atoms with Gasteiger partial charge < -0.3 is 16.4 Å². The Labute approximate surface area is 196 Å². The van der Waals surface area contributed by atoms with Crippen LogP contribution in [0.1, 0.15) is 45.9 Å². The van der Waals surface area contributed by atoms with E-state index in [-0.39, 0.29) is 12.2 Å². The van der Waals surface area contributed by atoms with Gasteiger partial charge in [-0.2, -0.15) is 5.26 Å². The Morgan fingerprint density at radius 3 is 2.36 bits per heavy atom. The van der Waals surface area contributed by atoms with E-state index in [1.165, 1.54) is 6.20 Å². The number of aryl methyl sites for hydroxylation is 1. The van der Waals surface area contributed by atoms with Crippen LogP contribution in [0.5, 0.6) is 0 Å². The van der Waals surface area contributed by atoms with Crippen molar-refractivity contribution in [1.82, 2.24) is 15.0 Å². The molecule has 8 heteroatoms. The maximum Gasteiger partial charge on any atom is 0.236 e. The number of hydrogen-bond acceptors (Lipinski definition) is 7. The van der Waals surface area contributed by atoms with Crippen LogP contribution >= 0.6 is 0 Å². The third-order valence-corrected chi connectivity index (χ3v) is 3.67. The molecule has 0 spiro atoms. The van der Waals surface area contributed by atoms with Gasteiger partial charge in [0.15, 0.2) is 5.69 Å². The summed E-state index contributed by atoms with van der Waals surface area (Å²) in [5.74, 6) is 0.920. The number of nitrogens with two attached hydrogens (primary N) is 1. The largest absolute Gasteiger partial charge is 0.375 e. The first-order valence-electron chi connectivity index (χ1n) is 10.9. The van der Waals surface area contributed by atoms with Gasteiger partial charge in [-0.15, -0.1) is 0 Å². The summed E-state index contributed by atoms with van der Waals surface area (Å²) >= 11 is 0. The van der Waals surface area contributed by atoms with Gasteiger partial charge in [0.05, 0.1) is 29.8 Å². The Kier molecular flexibility index (Phi) is 11.6. The monoisotopic (exact) mass is 447 g/mol. The molecule has 0 aliphatic carbocycles. The number of pyridine rings is 3. The zero-order valence-electron chi connectivity index (χ0n) is 20.2. The first-order valence-corrected chi connectivity index (χ1v) is 10.9. The van der Waals surface area contributed by atoms with Crippen molar-refractivity contribution < 1.29 is 4.79 Å². The van der Waals surface area contributed by atoms with Gasteiger partial charge in [0.1, 0.15) is 11.9 Å². The third-order valence-electron chi connectivity index (χ3n) is 3.67. The molecule has 0 aliphatic rings. The van der Waals surface area contributed by atoms with E-state index in [1.54, 1.807) is 18.5 Å². The smallest absolute Gasteiger partial charge is 0.236 e. The molecule has 0 fully saturated rings. The van der Waals surface area contributed by atoms with E-state index >= 15 is 0 Å². The Balaban J connectivity index is 0.000000820. The highest BCUT2D eigenvalue weighted by atomic mass is 16.1. The fraction of sp³-hybridized carbons (Fsp3) is 0.320. The summed E-state index contributed by atoms with van der Waals surface area (Å²) in [7, 11) is 0. The van der Waals surface area contributed by atoms with E-state index in [1.807, 2.05) is 51.1 Å². The highest BCUT2D eigenvalue weighted by Crippen LogP contribution is 2.25. The number of nitriles is 1. The number of aromatic nitrogens is 3. The van der Waals surface area contributed by atoms with Crippen molar-refractivity contribution in [3.63, 3.8) is 0 Å². The fourth-order valence-electron chi connectivity index (χ4n) is 2.47. The number of nitrogens with one attached hydrogen (secondary N) is 2. The molecule has 3 aromatic heterocycles. The molecular weight excluding hydrogens is 414 g/mol. The van der Waals surface area contributed by atoms with E-state index in [2.05, 4.69) is 46.4 Å². The molecule has 0 saturated carbocycles. The van der Waals surface area contributed by atoms with Crippen molar-refractivity contribution in [1.29, 1.82) is 5.26 Å². The van der Waals surface area contributed by atoms with Crippen LogP contribution in [0, 0.1) is 24.2 Å². The topological polar surface area (TPSA) is 130 Å². The average molecular weight is 448 g/mol. The lowest BCUT2D eigenvalue weighted by Gasteiger charge is -2.12. The molecule has 3 heterocycles. The predicted molar refractivity (Wildman–Crippen MR) is 134 cm³/mol. The SMILES string of the molecule is CC.CC(C)C.Cc1cc(Nc2cc(NCC(N)=O)cnc2C#N)nc(-c2ccncc2)c1. The number of anilines is 3. The van der Waals surface area contributed by atoms with Crippen LogP contribution in [0.25, 0.3) is 11.3 Å². The highest BCUT2D eigenvalue weighted by Gasteiger charge is 2.09. The molecular formula is C25H33N7O. The standard InChI is InChI=1S/C19H17N7O.C4H10.C2H6/c1-12-6-15(13-2-4-22-5-3-13)25-19(7-12)26-16-8-14(23-11-18(21)27)10-24-17(16)9-20;1-4(2)3;1-2/h2-8,10,23H,11H2,1H3,(H2,21,27)(H,25,26);4H,1-3H3;1-2H3. The molecule has 3 rings (SSSR count). The third kappa shape index (κ3) is 9.78. The normalized spacial score (nSPS) is 9.52. The van der Waals surface area contributed by atoms with Crippen LogP contribution in [0.4, 0.5) is 17.2 Å². The van der Waals surface area contributed by atoms with E-state index in [0.717, 1.165) is 22.7 Å². The Hall–Kier alpha value is -3.99. The second kappa shape index (κ2) is 14.1. The van der Waals surface area contributed by atoms with Crippen LogP contribution in [-0.2, 0) is 4.79 Å². The summed E-state index contributed by atoms with van der Waals surface area (Å²) in [4.78, 5) is 23.7. The molecule has 0 radical (unpaired) electrons. The predicted octanol–water partition coefficient (Wildman–Crippen LogP) is 5.05. The number of nitrogens with zero attached hydrogens (tertiary/aromatic N) is 4. The van der Waals surface area contributed by atoms with Crippen molar-refractivity contribution in [2.45, 2.75) is 41.5 Å². The molecule has 8 nitrogen and oxygen atoms in total. The lowest BCUT2D eigenvalue weighted by atomic mass is 10.1. The molecule has 0 atom stereocenters. The van der Waals surface area contributed by atoms with Crippen molar-refractivity contribution in [2.75, 3.05) is 17.2 Å². The Morgan fingerprint density at radius 1 is 1.15 bits per heavy atom. The van der Waals surface area contributed by atoms with Gasteiger partial charge >= 0.3 is 0 Å². The molecule has 4 N–H and O–H groups in total. The van der Waals surface area contributed by atoms with Crippen molar-refractivity contribution in [3.05, 3.63) is 60.2 Å². The first-order chi connectivity index (χ1) is 15.8. The second-order valence-corrected chi connectivity index (χ2v) is 7.56. The number of hydrogen-bond donors (Lipinski definition) is 3. The van der Waals surface area contributed by atoms with E-state index in [4.69, 9.17) is 5.73 Å². The van der Waals surface area contributed by atoms with Crippen molar-refractivity contribution in [3.8, 4) is 17.3 Å². The zero-order chi connectivity index (χ0) is 24.8. The Morgan fingerprint density at radius 2 is 1.79 bits per heavy atom. The van der Waals surface area contributed by atoms with Crippen LogP contribution < -0.4 is 16.4 Å². The molecule has 3 aromatic rings. The number of amides is 1. The average Bonchev–Trinajstić information content (AvgIpc) is 2.79. The second-order valence-electron chi connectivity index (χ2n) is 7.56. The van der Waals surface area contributed by atoms with Gasteiger partial charge in [0.2, 0.25) is 5.91 Å². The molecule has 0 aromatic carbocycles. The lowest BCUT2D eigenvalue weighted by molar-refractivity contribution is -0.116. The van der Waals surface area contributed by atoms with E-state index < -0.39 is 5.91 Å². The number of rotatable bonds is 6. The summed E-state index contributed by atoms with van der Waals surface area (Å²) in [6, 6.07) is 11.3. The number of carbonyl (C=O) groups excluding carboxylic acids is 1. The molecule has 0 unspecified atom stereocenters. The lowest BCUT2D eigenvalue weighted by Crippen LogP contribution is -2.21. The quantitative estimate of drug-likeness (QED) is 0.482. The van der Waals surface area contributed by atoms with E-state index in [9.17, 15) is 10.1 Å². The minimum absolute atomic E-state index is 0.0259. The van der Waals surface area contributed by atoms with Crippen LogP contribution in [0.15, 0.2) is 48.9 Å². The Bertz CT molecular complexity index is 1060. The maximum absolute atomic E-state index is 10.9. The summed E-state index contributed by atoms with van der Waals surface area (Å²) in [5, 5.41) is 15.3. The van der Waals surface area contributed by atoms with E-state index in [0.29, 0.717) is 17.2 Å². The molecule has 1 amide bonds. The van der Waals surface area contributed by atoms with Crippen LogP contribution in [0.3, 0.4) is 0 Å². The van der Waals surface area contributed by atoms with Crippen molar-refractivity contribution >= 4 is 23.1 Å². The fourth-order valence-corrected chi connectivity index (χ4v) is 2.47. The summed E-state index contributed by atoms with van der Waals surface area (Å²) in [5.41, 5.74) is 9.13. The van der Waals surface area contributed by atoms with Crippen molar-refractivity contribution in [2.24, 2.45) is 11.7 Å². The molecule has 33 heavy (non-hydrogen) atoms. The summed E-state index contributed by atoms with van der Waals surface area (Å²) < 4.78 is 0. The van der Waals surface area contributed by atoms with Gasteiger partial charge in [-0.05, 0) is 48.7 Å². The van der Waals surface area contributed by atoms with Gasteiger partial charge in [0, 0.05) is 18.0 Å². The minimum Gasteiger partial charge on any atom is -0.375 e. The molecule has 0 saturated heterocycles. The molecule has 0 bridgehead atoms. The minimum atomic E-state index is -0.490. The summed E-state index contributed by atoms with van der Waals surface area (Å²) in [6.07, 6.45) is 4.88. The maximum atomic E-state index is 10.9. The van der Waals surface area contributed by atoms with Crippen LogP contribution in [-0.4, -0.2) is 27.4 Å².